The highest BCUT2D eigenvalue weighted by Crippen LogP contribution is 2.32. The molecule has 1 amide bonds. The Kier molecular flexibility index (Phi) is 4.18. The van der Waals surface area contributed by atoms with Gasteiger partial charge in [0.2, 0.25) is 0 Å². The summed E-state index contributed by atoms with van der Waals surface area (Å²) in [6.45, 7) is 5.56. The molecule has 1 aromatic carbocycles. The summed E-state index contributed by atoms with van der Waals surface area (Å²) in [7, 11) is 0. The van der Waals surface area contributed by atoms with Gasteiger partial charge in [-0.15, -0.1) is 0 Å². The van der Waals surface area contributed by atoms with E-state index in [1.807, 2.05) is 24.3 Å². The maximum atomic E-state index is 12.7. The number of ether oxygens (including phenoxy) is 1. The van der Waals surface area contributed by atoms with E-state index in [0.717, 1.165) is 11.1 Å². The molecule has 5 nitrogen and oxygen atoms in total. The Labute approximate surface area is 141 Å². The lowest BCUT2D eigenvalue weighted by atomic mass is 9.95. The van der Waals surface area contributed by atoms with Gasteiger partial charge in [0, 0.05) is 12.8 Å². The van der Waals surface area contributed by atoms with Crippen LogP contribution >= 0.6 is 0 Å². The Hall–Kier alpha value is -2.56. The van der Waals surface area contributed by atoms with Crippen LogP contribution < -0.4 is 5.32 Å². The number of fused-ring (bicyclic) bond motifs is 1. The van der Waals surface area contributed by atoms with Crippen molar-refractivity contribution in [2.45, 2.75) is 39.2 Å². The minimum absolute atomic E-state index is 0.274. The predicted octanol–water partition coefficient (Wildman–Crippen LogP) is 2.73. The largest absolute Gasteiger partial charge is 0.466 e. The Morgan fingerprint density at radius 1 is 1.21 bits per heavy atom. The molecule has 0 fully saturated rings. The second-order valence-electron chi connectivity index (χ2n) is 6.21. The molecule has 24 heavy (non-hydrogen) atoms. The zero-order chi connectivity index (χ0) is 17.3. The quantitative estimate of drug-likeness (QED) is 0.877. The first-order valence-corrected chi connectivity index (χ1v) is 8.09. The zero-order valence-corrected chi connectivity index (χ0v) is 14.1. The number of hydrogen-bond donors (Lipinski definition) is 1. The van der Waals surface area contributed by atoms with Gasteiger partial charge in [-0.3, -0.25) is 4.79 Å². The van der Waals surface area contributed by atoms with Crippen LogP contribution in [0, 0.1) is 13.8 Å². The van der Waals surface area contributed by atoms with Gasteiger partial charge in [-0.2, -0.15) is 0 Å². The van der Waals surface area contributed by atoms with Gasteiger partial charge in [-0.1, -0.05) is 24.3 Å². The molecule has 0 saturated heterocycles. The molecular formula is C19H21NO4. The van der Waals surface area contributed by atoms with E-state index in [9.17, 15) is 9.59 Å². The van der Waals surface area contributed by atoms with Gasteiger partial charge in [0.15, 0.2) is 0 Å². The van der Waals surface area contributed by atoms with Crippen molar-refractivity contribution in [3.05, 3.63) is 58.5 Å². The molecule has 1 heterocycles. The molecule has 0 bridgehead atoms. The number of aryl methyl sites for hydroxylation is 2. The van der Waals surface area contributed by atoms with E-state index in [4.69, 9.17) is 9.15 Å². The van der Waals surface area contributed by atoms with Crippen LogP contribution in [-0.2, 0) is 22.4 Å². The Balaban J connectivity index is 1.91. The van der Waals surface area contributed by atoms with E-state index >= 15 is 0 Å². The van der Waals surface area contributed by atoms with E-state index in [1.165, 1.54) is 0 Å². The Morgan fingerprint density at radius 3 is 2.33 bits per heavy atom. The number of amides is 1. The minimum atomic E-state index is -1.06. The van der Waals surface area contributed by atoms with Gasteiger partial charge in [0.1, 0.15) is 17.1 Å². The van der Waals surface area contributed by atoms with Crippen LogP contribution in [0.3, 0.4) is 0 Å². The summed E-state index contributed by atoms with van der Waals surface area (Å²) in [5.41, 5.74) is 1.51. The Morgan fingerprint density at radius 2 is 1.83 bits per heavy atom. The third kappa shape index (κ3) is 2.82. The highest BCUT2D eigenvalue weighted by Gasteiger charge is 2.46. The molecule has 1 aliphatic carbocycles. The number of furan rings is 1. The average Bonchev–Trinajstić information content (AvgIpc) is 3.07. The standard InChI is InChI=1S/C19H21NO4/c1-4-23-18(22)19(10-14-7-5-6-8-15(14)11-19)20-17(21)16-9-12(2)24-13(16)3/h5-9H,4,10-11H2,1-3H3,(H,20,21). The second-order valence-corrected chi connectivity index (χ2v) is 6.21. The summed E-state index contributed by atoms with van der Waals surface area (Å²) in [5, 5.41) is 2.92. The number of carbonyl (C=O) groups excluding carboxylic acids is 2. The molecule has 3 rings (SSSR count). The van der Waals surface area contributed by atoms with Crippen molar-refractivity contribution in [2.75, 3.05) is 6.61 Å². The van der Waals surface area contributed by atoms with Crippen LogP contribution in [0.5, 0.6) is 0 Å². The lowest BCUT2D eigenvalue weighted by Gasteiger charge is -2.27. The maximum Gasteiger partial charge on any atom is 0.332 e. The van der Waals surface area contributed by atoms with E-state index < -0.39 is 11.5 Å². The monoisotopic (exact) mass is 327 g/mol. The molecule has 5 heteroatoms. The number of carbonyl (C=O) groups is 2. The molecule has 0 unspecified atom stereocenters. The average molecular weight is 327 g/mol. The molecule has 0 radical (unpaired) electrons. The summed E-state index contributed by atoms with van der Waals surface area (Å²) in [6, 6.07) is 9.52. The van der Waals surface area contributed by atoms with E-state index in [2.05, 4.69) is 5.32 Å². The second kappa shape index (κ2) is 6.15. The number of hydrogen-bond acceptors (Lipinski definition) is 4. The number of rotatable bonds is 4. The molecule has 0 aliphatic heterocycles. The first-order chi connectivity index (χ1) is 11.4. The van der Waals surface area contributed by atoms with Crippen LogP contribution in [0.25, 0.3) is 0 Å². The van der Waals surface area contributed by atoms with Gasteiger partial charge in [0.25, 0.3) is 5.91 Å². The fraction of sp³-hybridized carbons (Fsp3) is 0.368. The molecule has 0 spiro atoms. The van der Waals surface area contributed by atoms with Gasteiger partial charge in [-0.05, 0) is 38.0 Å². The van der Waals surface area contributed by atoms with Crippen LogP contribution in [0.15, 0.2) is 34.7 Å². The number of benzene rings is 1. The molecule has 1 N–H and O–H groups in total. The SMILES string of the molecule is CCOC(=O)C1(NC(=O)c2cc(C)oc2C)Cc2ccccc2C1. The molecule has 2 aromatic rings. The van der Waals surface area contributed by atoms with Crippen molar-refractivity contribution in [2.24, 2.45) is 0 Å². The van der Waals surface area contributed by atoms with Crippen molar-refractivity contribution in [3.8, 4) is 0 Å². The van der Waals surface area contributed by atoms with Crippen LogP contribution in [0.1, 0.15) is 39.9 Å². The van der Waals surface area contributed by atoms with E-state index in [1.54, 1.807) is 26.8 Å². The first-order valence-electron chi connectivity index (χ1n) is 8.09. The minimum Gasteiger partial charge on any atom is -0.466 e. The number of esters is 1. The summed E-state index contributed by atoms with van der Waals surface area (Å²) in [6.07, 6.45) is 0.868. The van der Waals surface area contributed by atoms with Gasteiger partial charge in [-0.25, -0.2) is 4.79 Å². The fourth-order valence-electron chi connectivity index (χ4n) is 3.31. The summed E-state index contributed by atoms with van der Waals surface area (Å²) in [4.78, 5) is 25.4. The van der Waals surface area contributed by atoms with Crippen LogP contribution in [0.2, 0.25) is 0 Å². The van der Waals surface area contributed by atoms with Gasteiger partial charge < -0.3 is 14.5 Å². The first kappa shape index (κ1) is 16.3. The summed E-state index contributed by atoms with van der Waals surface area (Å²) >= 11 is 0. The van der Waals surface area contributed by atoms with E-state index in [0.29, 0.717) is 29.9 Å². The lowest BCUT2D eigenvalue weighted by molar-refractivity contribution is -0.150. The fourth-order valence-corrected chi connectivity index (χ4v) is 3.31. The predicted molar refractivity (Wildman–Crippen MR) is 88.9 cm³/mol. The van der Waals surface area contributed by atoms with Crippen LogP contribution in [-0.4, -0.2) is 24.0 Å². The highest BCUT2D eigenvalue weighted by molar-refractivity contribution is 5.99. The lowest BCUT2D eigenvalue weighted by Crippen LogP contribution is -2.56. The normalized spacial score (nSPS) is 15.0. The summed E-state index contributed by atoms with van der Waals surface area (Å²) < 4.78 is 10.7. The highest BCUT2D eigenvalue weighted by atomic mass is 16.5. The van der Waals surface area contributed by atoms with Crippen molar-refractivity contribution in [1.29, 1.82) is 0 Å². The molecule has 0 atom stereocenters. The van der Waals surface area contributed by atoms with Gasteiger partial charge in [0.05, 0.1) is 12.2 Å². The molecular weight excluding hydrogens is 306 g/mol. The molecule has 0 saturated carbocycles. The molecule has 1 aromatic heterocycles. The third-order valence-corrected chi connectivity index (χ3v) is 4.41. The number of nitrogens with one attached hydrogen (secondary N) is 1. The smallest absolute Gasteiger partial charge is 0.332 e. The summed E-state index contributed by atoms with van der Waals surface area (Å²) in [5.74, 6) is 0.495. The van der Waals surface area contributed by atoms with Crippen LogP contribution in [0.4, 0.5) is 0 Å². The molecule has 1 aliphatic rings. The van der Waals surface area contributed by atoms with Crippen molar-refractivity contribution >= 4 is 11.9 Å². The van der Waals surface area contributed by atoms with Crippen molar-refractivity contribution < 1.29 is 18.7 Å². The van der Waals surface area contributed by atoms with E-state index in [-0.39, 0.29) is 12.5 Å². The molecule has 126 valence electrons. The van der Waals surface area contributed by atoms with Crippen molar-refractivity contribution in [3.63, 3.8) is 0 Å². The zero-order valence-electron chi connectivity index (χ0n) is 14.1. The topological polar surface area (TPSA) is 68.5 Å². The van der Waals surface area contributed by atoms with Gasteiger partial charge >= 0.3 is 5.97 Å². The maximum absolute atomic E-state index is 12.7. The third-order valence-electron chi connectivity index (χ3n) is 4.41. The van der Waals surface area contributed by atoms with Crippen molar-refractivity contribution in [1.82, 2.24) is 5.32 Å². The Bertz CT molecular complexity index is 765.